The normalized spacial score (nSPS) is 11.9. The number of phenolic OH excluding ortho intramolecular Hbond substituents is 1. The number of alkyl halides is 1. The summed E-state index contributed by atoms with van der Waals surface area (Å²) in [6, 6.07) is 31.0. The van der Waals surface area contributed by atoms with Gasteiger partial charge in [-0.25, -0.2) is 4.39 Å². The van der Waals surface area contributed by atoms with Crippen molar-refractivity contribution in [1.29, 1.82) is 0 Å². The first kappa shape index (κ1) is 23.9. The van der Waals surface area contributed by atoms with Crippen LogP contribution in [0.3, 0.4) is 0 Å². The molecule has 4 rings (SSSR count). The molecular formula is C30H29FO2S. The van der Waals surface area contributed by atoms with Gasteiger partial charge in [-0.2, -0.15) is 0 Å². The summed E-state index contributed by atoms with van der Waals surface area (Å²) in [6.07, 6.45) is 0. The molecule has 0 bridgehead atoms. The molecule has 4 aromatic rings. The van der Waals surface area contributed by atoms with Gasteiger partial charge in [-0.3, -0.25) is 0 Å². The predicted octanol–water partition coefficient (Wildman–Crippen LogP) is 8.87. The summed E-state index contributed by atoms with van der Waals surface area (Å²) in [6.45, 7) is 7.46. The van der Waals surface area contributed by atoms with Gasteiger partial charge in [-0.05, 0) is 91.2 Å². The van der Waals surface area contributed by atoms with E-state index < -0.39 is 5.67 Å². The van der Waals surface area contributed by atoms with Gasteiger partial charge in [0.05, 0.1) is 0 Å². The van der Waals surface area contributed by atoms with E-state index in [1.165, 1.54) is 5.56 Å². The van der Waals surface area contributed by atoms with Gasteiger partial charge in [0.2, 0.25) is 0 Å². The van der Waals surface area contributed by atoms with Crippen LogP contribution in [0.1, 0.15) is 44.4 Å². The molecule has 0 amide bonds. The van der Waals surface area contributed by atoms with Crippen molar-refractivity contribution in [3.05, 3.63) is 114 Å². The van der Waals surface area contributed by atoms with Crippen LogP contribution in [0.5, 0.6) is 17.2 Å². The fourth-order valence-electron chi connectivity index (χ4n) is 3.75. The Bertz CT molecular complexity index is 1220. The maximum atomic E-state index is 14.0. The second kappa shape index (κ2) is 9.55. The highest BCUT2D eigenvalue weighted by atomic mass is 32.2. The predicted molar refractivity (Wildman–Crippen MR) is 138 cm³/mol. The van der Waals surface area contributed by atoms with Crippen molar-refractivity contribution in [2.45, 2.75) is 48.6 Å². The molecule has 0 heterocycles. The van der Waals surface area contributed by atoms with Gasteiger partial charge in [0.15, 0.2) is 0 Å². The largest absolute Gasteiger partial charge is 0.508 e. The molecule has 2 nitrogen and oxygen atoms in total. The van der Waals surface area contributed by atoms with Crippen LogP contribution in [0.25, 0.3) is 0 Å². The van der Waals surface area contributed by atoms with E-state index in [1.807, 2.05) is 72.8 Å². The zero-order valence-electron chi connectivity index (χ0n) is 19.9. The van der Waals surface area contributed by atoms with E-state index in [-0.39, 0.29) is 11.2 Å². The molecule has 0 saturated heterocycles. The minimum atomic E-state index is -1.33. The Morgan fingerprint density at radius 3 is 1.44 bits per heavy atom. The molecule has 0 aliphatic rings. The average molecular weight is 473 g/mol. The van der Waals surface area contributed by atoms with Gasteiger partial charge < -0.3 is 9.84 Å². The summed E-state index contributed by atoms with van der Waals surface area (Å²) in [4.78, 5) is 2.15. The molecule has 1 N–H and O–H groups in total. The summed E-state index contributed by atoms with van der Waals surface area (Å²) in [5, 5.41) is 9.57. The number of ether oxygens (including phenoxy) is 1. The fourth-order valence-corrected chi connectivity index (χ4v) is 4.57. The van der Waals surface area contributed by atoms with E-state index in [4.69, 9.17) is 4.74 Å². The van der Waals surface area contributed by atoms with Crippen LogP contribution < -0.4 is 4.74 Å². The quantitative estimate of drug-likeness (QED) is 0.291. The van der Waals surface area contributed by atoms with E-state index >= 15 is 0 Å². The SMILES string of the molecule is CC(C)(F)c1ccc(Sc2ccc(Oc3ccc(C(C)(C)c4ccc(O)cc4)cc3)cc2)cc1. The molecule has 0 radical (unpaired) electrons. The highest BCUT2D eigenvalue weighted by molar-refractivity contribution is 7.99. The molecule has 174 valence electrons. The molecule has 4 aromatic carbocycles. The van der Waals surface area contributed by atoms with Gasteiger partial charge in [-0.15, -0.1) is 0 Å². The summed E-state index contributed by atoms with van der Waals surface area (Å²) < 4.78 is 20.1. The second-order valence-corrected chi connectivity index (χ2v) is 10.5. The smallest absolute Gasteiger partial charge is 0.130 e. The maximum absolute atomic E-state index is 14.0. The maximum Gasteiger partial charge on any atom is 0.130 e. The number of benzene rings is 4. The molecule has 0 aromatic heterocycles. The number of aromatic hydroxyl groups is 1. The molecular weight excluding hydrogens is 443 g/mol. The van der Waals surface area contributed by atoms with Crippen LogP contribution in [-0.2, 0) is 11.1 Å². The average Bonchev–Trinajstić information content (AvgIpc) is 2.81. The topological polar surface area (TPSA) is 29.5 Å². The first-order valence-electron chi connectivity index (χ1n) is 11.3. The summed E-state index contributed by atoms with van der Waals surface area (Å²) in [5.41, 5.74) is 1.46. The molecule has 0 spiro atoms. The number of hydrogen-bond donors (Lipinski definition) is 1. The summed E-state index contributed by atoms with van der Waals surface area (Å²) in [7, 11) is 0. The molecule has 0 aliphatic carbocycles. The Labute approximate surface area is 205 Å². The first-order chi connectivity index (χ1) is 16.1. The van der Waals surface area contributed by atoms with Gasteiger partial charge in [0, 0.05) is 15.2 Å². The molecule has 0 fully saturated rings. The number of hydrogen-bond acceptors (Lipinski definition) is 3. The third kappa shape index (κ3) is 5.63. The van der Waals surface area contributed by atoms with Crippen LogP contribution in [0, 0.1) is 0 Å². The standard InChI is InChI=1S/C30H29FO2S/c1-29(2,21-5-11-24(32)12-6-21)22-7-13-25(14-8-22)33-26-15-19-28(20-16-26)34-27-17-9-23(10-18-27)30(3,4)31/h5-20,32H,1-4H3. The molecule has 0 atom stereocenters. The number of phenols is 1. The molecule has 0 unspecified atom stereocenters. The van der Waals surface area contributed by atoms with Crippen molar-refractivity contribution in [2.24, 2.45) is 0 Å². The lowest BCUT2D eigenvalue weighted by Gasteiger charge is -2.26. The Balaban J connectivity index is 1.40. The van der Waals surface area contributed by atoms with Crippen molar-refractivity contribution >= 4 is 11.8 Å². The highest BCUT2D eigenvalue weighted by Gasteiger charge is 2.23. The lowest BCUT2D eigenvalue weighted by Crippen LogP contribution is -2.18. The lowest BCUT2D eigenvalue weighted by molar-refractivity contribution is 0.221. The van der Waals surface area contributed by atoms with E-state index in [9.17, 15) is 9.50 Å². The van der Waals surface area contributed by atoms with Crippen LogP contribution in [-0.4, -0.2) is 5.11 Å². The Hall–Kier alpha value is -3.24. The Morgan fingerprint density at radius 1 is 0.588 bits per heavy atom. The van der Waals surface area contributed by atoms with Crippen molar-refractivity contribution < 1.29 is 14.2 Å². The molecule has 0 aliphatic heterocycles. The number of halogens is 1. The molecule has 0 saturated carbocycles. The van der Waals surface area contributed by atoms with Crippen LogP contribution >= 0.6 is 11.8 Å². The summed E-state index contributed by atoms with van der Waals surface area (Å²) in [5.74, 6) is 1.81. The summed E-state index contributed by atoms with van der Waals surface area (Å²) >= 11 is 1.63. The Morgan fingerprint density at radius 2 is 0.971 bits per heavy atom. The van der Waals surface area contributed by atoms with E-state index in [0.29, 0.717) is 5.56 Å². The van der Waals surface area contributed by atoms with Crippen molar-refractivity contribution in [2.75, 3.05) is 0 Å². The van der Waals surface area contributed by atoms with Gasteiger partial charge in [0.1, 0.15) is 22.9 Å². The fraction of sp³-hybridized carbons (Fsp3) is 0.200. The third-order valence-corrected chi connectivity index (χ3v) is 7.02. The molecule has 34 heavy (non-hydrogen) atoms. The zero-order valence-corrected chi connectivity index (χ0v) is 20.7. The van der Waals surface area contributed by atoms with Crippen LogP contribution in [0.2, 0.25) is 0 Å². The number of rotatable bonds is 7. The van der Waals surface area contributed by atoms with E-state index in [0.717, 1.165) is 26.9 Å². The van der Waals surface area contributed by atoms with Crippen molar-refractivity contribution in [1.82, 2.24) is 0 Å². The monoisotopic (exact) mass is 472 g/mol. The third-order valence-electron chi connectivity index (χ3n) is 6.00. The minimum Gasteiger partial charge on any atom is -0.508 e. The van der Waals surface area contributed by atoms with Gasteiger partial charge in [-0.1, -0.05) is 62.0 Å². The van der Waals surface area contributed by atoms with Crippen LogP contribution in [0.4, 0.5) is 4.39 Å². The van der Waals surface area contributed by atoms with Crippen LogP contribution in [0.15, 0.2) is 107 Å². The minimum absolute atomic E-state index is 0.191. The Kier molecular flexibility index (Phi) is 6.72. The second-order valence-electron chi connectivity index (χ2n) is 9.37. The van der Waals surface area contributed by atoms with Gasteiger partial charge >= 0.3 is 0 Å². The van der Waals surface area contributed by atoms with E-state index in [2.05, 4.69) is 26.0 Å². The van der Waals surface area contributed by atoms with Crippen molar-refractivity contribution in [3.63, 3.8) is 0 Å². The van der Waals surface area contributed by atoms with Crippen molar-refractivity contribution in [3.8, 4) is 17.2 Å². The zero-order chi connectivity index (χ0) is 24.3. The highest BCUT2D eigenvalue weighted by Crippen LogP contribution is 2.35. The lowest BCUT2D eigenvalue weighted by atomic mass is 9.78. The van der Waals surface area contributed by atoms with Gasteiger partial charge in [0.25, 0.3) is 0 Å². The first-order valence-corrected chi connectivity index (χ1v) is 12.1. The molecule has 4 heteroatoms. The van der Waals surface area contributed by atoms with E-state index in [1.54, 1.807) is 37.7 Å².